The van der Waals surface area contributed by atoms with E-state index < -0.39 is 14.6 Å². The van der Waals surface area contributed by atoms with Crippen LogP contribution in [0.15, 0.2) is 23.4 Å². The molecule has 8 heteroatoms. The van der Waals surface area contributed by atoms with Crippen molar-refractivity contribution in [2.75, 3.05) is 37.6 Å². The summed E-state index contributed by atoms with van der Waals surface area (Å²) in [5.41, 5.74) is 6.09. The minimum Gasteiger partial charge on any atom is -0.369 e. The van der Waals surface area contributed by atoms with Crippen LogP contribution in [0.5, 0.6) is 0 Å². The molecule has 0 atom stereocenters. The van der Waals surface area contributed by atoms with Crippen molar-refractivity contribution < 1.29 is 13.2 Å². The van der Waals surface area contributed by atoms with E-state index in [-0.39, 0.29) is 17.5 Å². The van der Waals surface area contributed by atoms with E-state index in [9.17, 15) is 13.2 Å². The van der Waals surface area contributed by atoms with Crippen LogP contribution in [0.1, 0.15) is 20.8 Å². The minimum atomic E-state index is -3.44. The number of hydrogen-bond donors (Lipinski definition) is 1. The second kappa shape index (κ2) is 6.45. The number of anilines is 1. The predicted molar refractivity (Wildman–Crippen MR) is 89.0 cm³/mol. The van der Waals surface area contributed by atoms with Crippen LogP contribution in [0.3, 0.4) is 0 Å². The lowest BCUT2D eigenvalue weighted by atomic mass is 10.2. The Bertz CT molecular complexity index is 657. The highest BCUT2D eigenvalue weighted by molar-refractivity contribution is 7.92. The number of rotatable bonds is 4. The van der Waals surface area contributed by atoms with Gasteiger partial charge in [0, 0.05) is 26.2 Å². The Kier molecular flexibility index (Phi) is 4.95. The van der Waals surface area contributed by atoms with Gasteiger partial charge in [-0.2, -0.15) is 0 Å². The zero-order chi connectivity index (χ0) is 17.3. The summed E-state index contributed by atoms with van der Waals surface area (Å²) >= 11 is 0. The number of carbonyl (C=O) groups is 1. The number of aromatic nitrogens is 1. The van der Waals surface area contributed by atoms with Crippen LogP contribution in [-0.2, 0) is 14.6 Å². The van der Waals surface area contributed by atoms with Gasteiger partial charge in [-0.25, -0.2) is 13.4 Å². The Morgan fingerprint density at radius 2 is 1.83 bits per heavy atom. The molecule has 2 rings (SSSR count). The Balaban J connectivity index is 2.06. The van der Waals surface area contributed by atoms with E-state index in [1.54, 1.807) is 39.1 Å². The first-order valence-electron chi connectivity index (χ1n) is 7.57. The number of nitrogens with zero attached hydrogens (tertiary/aromatic N) is 3. The summed E-state index contributed by atoms with van der Waals surface area (Å²) in [6.45, 7) is 8.24. The van der Waals surface area contributed by atoms with Crippen molar-refractivity contribution in [2.24, 2.45) is 5.73 Å². The maximum absolute atomic E-state index is 12.4. The van der Waals surface area contributed by atoms with E-state index in [0.717, 1.165) is 31.9 Å². The topological polar surface area (TPSA) is 96.6 Å². The van der Waals surface area contributed by atoms with Gasteiger partial charge < -0.3 is 10.6 Å². The van der Waals surface area contributed by atoms with Gasteiger partial charge in [-0.15, -0.1) is 0 Å². The van der Waals surface area contributed by atoms with Gasteiger partial charge in [0.15, 0.2) is 14.9 Å². The molecule has 0 unspecified atom stereocenters. The number of carbonyl (C=O) groups excluding carboxylic acids is 1. The maximum Gasteiger partial charge on any atom is 0.231 e. The third-order valence-electron chi connectivity index (χ3n) is 3.92. The SMILES string of the molecule is CC(C)(C)S(=O)(=O)c1ccc(N2CCN(CC(N)=O)CC2)cn1. The molecule has 1 fully saturated rings. The summed E-state index contributed by atoms with van der Waals surface area (Å²) in [6, 6.07) is 3.35. The second-order valence-corrected chi connectivity index (χ2v) is 9.35. The lowest BCUT2D eigenvalue weighted by Gasteiger charge is -2.35. The van der Waals surface area contributed by atoms with Crippen molar-refractivity contribution in [1.82, 2.24) is 9.88 Å². The van der Waals surface area contributed by atoms with Crippen LogP contribution in [-0.4, -0.2) is 61.7 Å². The zero-order valence-corrected chi connectivity index (χ0v) is 14.6. The van der Waals surface area contributed by atoms with Gasteiger partial charge in [0.25, 0.3) is 0 Å². The monoisotopic (exact) mass is 340 g/mol. The van der Waals surface area contributed by atoms with E-state index in [1.165, 1.54) is 0 Å². The molecule has 7 nitrogen and oxygen atoms in total. The Morgan fingerprint density at radius 1 is 1.22 bits per heavy atom. The van der Waals surface area contributed by atoms with Crippen molar-refractivity contribution in [3.63, 3.8) is 0 Å². The highest BCUT2D eigenvalue weighted by Gasteiger charge is 2.32. The summed E-state index contributed by atoms with van der Waals surface area (Å²) in [5, 5.41) is 0.0983. The molecule has 1 aliphatic heterocycles. The molecule has 0 spiro atoms. The maximum atomic E-state index is 12.4. The van der Waals surface area contributed by atoms with E-state index in [4.69, 9.17) is 5.73 Å². The molecule has 0 aromatic carbocycles. The smallest absolute Gasteiger partial charge is 0.231 e. The largest absolute Gasteiger partial charge is 0.369 e. The third-order valence-corrected chi connectivity index (χ3v) is 6.32. The summed E-state index contributed by atoms with van der Waals surface area (Å²) in [5.74, 6) is -0.322. The zero-order valence-electron chi connectivity index (χ0n) is 13.8. The van der Waals surface area contributed by atoms with Crippen LogP contribution in [0, 0.1) is 0 Å². The molecule has 2 N–H and O–H groups in total. The number of amides is 1. The first-order chi connectivity index (χ1) is 10.6. The Hall–Kier alpha value is -1.67. The van der Waals surface area contributed by atoms with E-state index in [2.05, 4.69) is 9.88 Å². The van der Waals surface area contributed by atoms with Gasteiger partial charge in [0.1, 0.15) is 0 Å². The Morgan fingerprint density at radius 3 is 2.26 bits per heavy atom. The summed E-state index contributed by atoms with van der Waals surface area (Å²) < 4.78 is 23.8. The quantitative estimate of drug-likeness (QED) is 0.844. The van der Waals surface area contributed by atoms with Crippen molar-refractivity contribution in [3.8, 4) is 0 Å². The van der Waals surface area contributed by atoms with Crippen LogP contribution in [0.2, 0.25) is 0 Å². The molecule has 2 heterocycles. The first kappa shape index (κ1) is 17.7. The van der Waals surface area contributed by atoms with Gasteiger partial charge >= 0.3 is 0 Å². The fourth-order valence-corrected chi connectivity index (χ4v) is 3.48. The third kappa shape index (κ3) is 4.00. The highest BCUT2D eigenvalue weighted by atomic mass is 32.2. The molecule has 0 aliphatic carbocycles. The van der Waals surface area contributed by atoms with Crippen LogP contribution < -0.4 is 10.6 Å². The molecule has 128 valence electrons. The number of piperazine rings is 1. The number of pyridine rings is 1. The van der Waals surface area contributed by atoms with E-state index in [1.807, 2.05) is 4.90 Å². The normalized spacial score (nSPS) is 17.3. The fourth-order valence-electron chi connectivity index (χ4n) is 2.42. The Labute approximate surface area is 137 Å². The molecule has 0 bridgehead atoms. The molecule has 1 aromatic heterocycles. The number of hydrogen-bond acceptors (Lipinski definition) is 6. The summed E-state index contributed by atoms with van der Waals surface area (Å²) in [7, 11) is -3.44. The van der Waals surface area contributed by atoms with Gasteiger partial charge in [-0.1, -0.05) is 0 Å². The molecule has 1 aliphatic rings. The van der Waals surface area contributed by atoms with Gasteiger partial charge in [-0.05, 0) is 32.9 Å². The van der Waals surface area contributed by atoms with Crippen molar-refractivity contribution >= 4 is 21.4 Å². The molecule has 1 saturated heterocycles. The molecule has 1 aromatic rings. The lowest BCUT2D eigenvalue weighted by Crippen LogP contribution is -2.48. The average molecular weight is 340 g/mol. The minimum absolute atomic E-state index is 0.0983. The summed E-state index contributed by atoms with van der Waals surface area (Å²) in [6.07, 6.45) is 1.60. The van der Waals surface area contributed by atoms with E-state index >= 15 is 0 Å². The number of sulfone groups is 1. The van der Waals surface area contributed by atoms with Gasteiger partial charge in [0.2, 0.25) is 5.91 Å². The standard InChI is InChI=1S/C15H24N4O3S/c1-15(2,3)23(21,22)14-5-4-12(10-17-14)19-8-6-18(7-9-19)11-13(16)20/h4-5,10H,6-9,11H2,1-3H3,(H2,16,20). The van der Waals surface area contributed by atoms with E-state index in [0.29, 0.717) is 0 Å². The number of nitrogens with two attached hydrogens (primary N) is 1. The van der Waals surface area contributed by atoms with Crippen LogP contribution in [0.25, 0.3) is 0 Å². The van der Waals surface area contributed by atoms with Crippen LogP contribution >= 0.6 is 0 Å². The number of primary amides is 1. The molecule has 23 heavy (non-hydrogen) atoms. The van der Waals surface area contributed by atoms with Crippen molar-refractivity contribution in [2.45, 2.75) is 30.5 Å². The lowest BCUT2D eigenvalue weighted by molar-refractivity contribution is -0.119. The van der Waals surface area contributed by atoms with Crippen molar-refractivity contribution in [3.05, 3.63) is 18.3 Å². The fraction of sp³-hybridized carbons (Fsp3) is 0.600. The predicted octanol–water partition coefficient (Wildman–Crippen LogP) is 0.261. The molecule has 0 radical (unpaired) electrons. The van der Waals surface area contributed by atoms with Gasteiger partial charge in [-0.3, -0.25) is 9.69 Å². The highest BCUT2D eigenvalue weighted by Crippen LogP contribution is 2.25. The van der Waals surface area contributed by atoms with Crippen LogP contribution in [0.4, 0.5) is 5.69 Å². The van der Waals surface area contributed by atoms with Gasteiger partial charge in [0.05, 0.1) is 23.2 Å². The molecular weight excluding hydrogens is 316 g/mol. The molecular formula is C15H24N4O3S. The van der Waals surface area contributed by atoms with Crippen molar-refractivity contribution in [1.29, 1.82) is 0 Å². The second-order valence-electron chi connectivity index (χ2n) is 6.70. The summed E-state index contributed by atoms with van der Waals surface area (Å²) in [4.78, 5) is 19.2. The average Bonchev–Trinajstić information content (AvgIpc) is 2.46. The molecule has 1 amide bonds. The first-order valence-corrected chi connectivity index (χ1v) is 9.06. The molecule has 0 saturated carbocycles.